The maximum absolute atomic E-state index is 6.24. The summed E-state index contributed by atoms with van der Waals surface area (Å²) < 4.78 is 17.2. The fourth-order valence-electron chi connectivity index (χ4n) is 2.99. The van der Waals surface area contributed by atoms with Crippen molar-refractivity contribution in [3.8, 4) is 11.5 Å². The van der Waals surface area contributed by atoms with Crippen molar-refractivity contribution in [2.24, 2.45) is 0 Å². The first-order valence-electron chi connectivity index (χ1n) is 8.72. The van der Waals surface area contributed by atoms with Gasteiger partial charge in [0, 0.05) is 40.9 Å². The quantitative estimate of drug-likeness (QED) is 0.693. The monoisotopic (exact) mass is 395 g/mol. The summed E-state index contributed by atoms with van der Waals surface area (Å²) in [6, 6.07) is 11.3. The number of para-hydroxylation sites is 1. The third-order valence-corrected chi connectivity index (χ3v) is 4.97. The van der Waals surface area contributed by atoms with E-state index in [-0.39, 0.29) is 0 Å². The average molecular weight is 396 g/mol. The molecule has 0 amide bonds. The molecule has 1 N–H and O–H groups in total. The summed E-state index contributed by atoms with van der Waals surface area (Å²) in [6.07, 6.45) is 2.56. The Balaban J connectivity index is 1.67. The molecule has 1 fully saturated rings. The second-order valence-corrected chi connectivity index (χ2v) is 7.08. The number of hydrogen-bond donors (Lipinski definition) is 1. The van der Waals surface area contributed by atoms with Crippen LogP contribution in [0.15, 0.2) is 36.4 Å². The Bertz CT molecular complexity index is 733. The minimum absolute atomic E-state index is 0.304. The van der Waals surface area contributed by atoms with E-state index in [1.165, 1.54) is 0 Å². The lowest BCUT2D eigenvalue weighted by Crippen LogP contribution is -2.26. The first-order chi connectivity index (χ1) is 12.7. The predicted molar refractivity (Wildman–Crippen MR) is 104 cm³/mol. The summed E-state index contributed by atoms with van der Waals surface area (Å²) in [5.74, 6) is 1.42. The fourth-order valence-corrected chi connectivity index (χ4v) is 3.45. The lowest BCUT2D eigenvalue weighted by atomic mass is 10.1. The number of methoxy groups -OCH3 is 1. The number of halogens is 2. The lowest BCUT2D eigenvalue weighted by Gasteiger charge is -2.17. The molecule has 0 aromatic heterocycles. The number of benzene rings is 2. The zero-order valence-corrected chi connectivity index (χ0v) is 16.3. The maximum Gasteiger partial charge on any atom is 0.166 e. The zero-order chi connectivity index (χ0) is 18.4. The molecular formula is C20H23Cl2NO3. The second kappa shape index (κ2) is 9.47. The molecule has 1 heterocycles. The van der Waals surface area contributed by atoms with Crippen molar-refractivity contribution in [1.29, 1.82) is 0 Å². The van der Waals surface area contributed by atoms with Crippen molar-refractivity contribution in [3.05, 3.63) is 57.6 Å². The first-order valence-corrected chi connectivity index (χ1v) is 9.48. The van der Waals surface area contributed by atoms with E-state index >= 15 is 0 Å². The molecule has 4 nitrogen and oxygen atoms in total. The molecule has 1 aliphatic heterocycles. The highest BCUT2D eigenvalue weighted by molar-refractivity contribution is 6.35. The lowest BCUT2D eigenvalue weighted by molar-refractivity contribution is 0.110. The molecule has 1 saturated heterocycles. The normalized spacial score (nSPS) is 16.7. The Morgan fingerprint density at radius 2 is 2.08 bits per heavy atom. The van der Waals surface area contributed by atoms with Crippen LogP contribution in [0.25, 0.3) is 0 Å². The van der Waals surface area contributed by atoms with Gasteiger partial charge in [0.15, 0.2) is 11.5 Å². The number of rotatable bonds is 8. The van der Waals surface area contributed by atoms with Gasteiger partial charge in [0.2, 0.25) is 0 Å². The van der Waals surface area contributed by atoms with Crippen LogP contribution >= 0.6 is 23.2 Å². The molecule has 1 aliphatic rings. The van der Waals surface area contributed by atoms with Gasteiger partial charge >= 0.3 is 0 Å². The largest absolute Gasteiger partial charge is 0.493 e. The molecule has 2 aromatic rings. The Morgan fingerprint density at radius 3 is 2.81 bits per heavy atom. The molecule has 0 bridgehead atoms. The molecule has 140 valence electrons. The van der Waals surface area contributed by atoms with Crippen molar-refractivity contribution >= 4 is 23.2 Å². The van der Waals surface area contributed by atoms with Gasteiger partial charge in [-0.1, -0.05) is 41.4 Å². The summed E-state index contributed by atoms with van der Waals surface area (Å²) in [4.78, 5) is 0. The minimum atomic E-state index is 0.304. The van der Waals surface area contributed by atoms with Gasteiger partial charge in [-0.3, -0.25) is 0 Å². The molecule has 0 radical (unpaired) electrons. The summed E-state index contributed by atoms with van der Waals surface area (Å²) in [6.45, 7) is 2.72. The Morgan fingerprint density at radius 1 is 1.19 bits per heavy atom. The molecule has 3 rings (SSSR count). The smallest absolute Gasteiger partial charge is 0.166 e. The summed E-state index contributed by atoms with van der Waals surface area (Å²) in [5, 5.41) is 4.64. The van der Waals surface area contributed by atoms with Crippen LogP contribution in [-0.4, -0.2) is 26.4 Å². The first kappa shape index (κ1) is 19.3. The van der Waals surface area contributed by atoms with Crippen molar-refractivity contribution in [2.75, 3.05) is 20.3 Å². The molecule has 2 aromatic carbocycles. The van der Waals surface area contributed by atoms with Crippen LogP contribution < -0.4 is 14.8 Å². The summed E-state index contributed by atoms with van der Waals surface area (Å²) in [7, 11) is 1.64. The third kappa shape index (κ3) is 5.04. The van der Waals surface area contributed by atoms with E-state index in [4.69, 9.17) is 37.4 Å². The molecule has 0 spiro atoms. The van der Waals surface area contributed by atoms with E-state index < -0.39 is 0 Å². The SMILES string of the molecule is COc1cccc(CNCC2CCCO2)c1OCc1ccc(Cl)cc1Cl. The average Bonchev–Trinajstić information content (AvgIpc) is 3.15. The van der Waals surface area contributed by atoms with Crippen LogP contribution in [0, 0.1) is 0 Å². The molecule has 0 saturated carbocycles. The van der Waals surface area contributed by atoms with Gasteiger partial charge in [0.1, 0.15) is 6.61 Å². The molecular weight excluding hydrogens is 373 g/mol. The van der Waals surface area contributed by atoms with E-state index in [1.807, 2.05) is 24.3 Å². The van der Waals surface area contributed by atoms with E-state index in [9.17, 15) is 0 Å². The number of nitrogens with one attached hydrogen (secondary N) is 1. The Kier molecular flexibility index (Phi) is 7.03. The summed E-state index contributed by atoms with van der Waals surface area (Å²) >= 11 is 12.2. The van der Waals surface area contributed by atoms with E-state index in [0.29, 0.717) is 35.1 Å². The topological polar surface area (TPSA) is 39.7 Å². The zero-order valence-electron chi connectivity index (χ0n) is 14.8. The van der Waals surface area contributed by atoms with Gasteiger partial charge in [-0.05, 0) is 31.0 Å². The van der Waals surface area contributed by atoms with Crippen LogP contribution in [0.4, 0.5) is 0 Å². The second-order valence-electron chi connectivity index (χ2n) is 6.24. The number of ether oxygens (including phenoxy) is 3. The van der Waals surface area contributed by atoms with Crippen LogP contribution in [0.5, 0.6) is 11.5 Å². The van der Waals surface area contributed by atoms with Gasteiger partial charge in [-0.25, -0.2) is 0 Å². The van der Waals surface area contributed by atoms with Gasteiger partial charge in [-0.15, -0.1) is 0 Å². The molecule has 0 aliphatic carbocycles. The van der Waals surface area contributed by atoms with Gasteiger partial charge in [0.25, 0.3) is 0 Å². The predicted octanol–water partition coefficient (Wildman–Crippen LogP) is 4.85. The minimum Gasteiger partial charge on any atom is -0.493 e. The van der Waals surface area contributed by atoms with Crippen LogP contribution in [0.1, 0.15) is 24.0 Å². The van der Waals surface area contributed by atoms with Crippen molar-refractivity contribution in [2.45, 2.75) is 32.1 Å². The molecule has 6 heteroatoms. The third-order valence-electron chi connectivity index (χ3n) is 4.38. The highest BCUT2D eigenvalue weighted by Crippen LogP contribution is 2.32. The van der Waals surface area contributed by atoms with Crippen molar-refractivity contribution in [3.63, 3.8) is 0 Å². The van der Waals surface area contributed by atoms with Gasteiger partial charge in [0.05, 0.1) is 13.2 Å². The van der Waals surface area contributed by atoms with E-state index in [0.717, 1.165) is 42.9 Å². The van der Waals surface area contributed by atoms with Gasteiger partial charge in [-0.2, -0.15) is 0 Å². The Hall–Kier alpha value is -1.46. The van der Waals surface area contributed by atoms with Crippen molar-refractivity contribution < 1.29 is 14.2 Å². The van der Waals surface area contributed by atoms with Crippen LogP contribution in [0.3, 0.4) is 0 Å². The fraction of sp³-hybridized carbons (Fsp3) is 0.400. The molecule has 26 heavy (non-hydrogen) atoms. The highest BCUT2D eigenvalue weighted by Gasteiger charge is 2.16. The van der Waals surface area contributed by atoms with Crippen LogP contribution in [-0.2, 0) is 17.9 Å². The molecule has 1 unspecified atom stereocenters. The summed E-state index contributed by atoms with van der Waals surface area (Å²) in [5.41, 5.74) is 1.91. The highest BCUT2D eigenvalue weighted by atomic mass is 35.5. The van der Waals surface area contributed by atoms with E-state index in [1.54, 1.807) is 19.2 Å². The molecule has 1 atom stereocenters. The Labute approximate surface area is 164 Å². The standard InChI is InChI=1S/C20H23Cl2NO3/c1-24-19-6-2-4-14(11-23-12-17-5-3-9-25-17)20(19)26-13-15-7-8-16(21)10-18(15)22/h2,4,6-8,10,17,23H,3,5,9,11-13H2,1H3. The van der Waals surface area contributed by atoms with Gasteiger partial charge < -0.3 is 19.5 Å². The number of hydrogen-bond acceptors (Lipinski definition) is 4. The van der Waals surface area contributed by atoms with Crippen LogP contribution in [0.2, 0.25) is 10.0 Å². The van der Waals surface area contributed by atoms with E-state index in [2.05, 4.69) is 5.32 Å². The maximum atomic E-state index is 6.24. The van der Waals surface area contributed by atoms with Crippen molar-refractivity contribution in [1.82, 2.24) is 5.32 Å².